The van der Waals surface area contributed by atoms with Gasteiger partial charge in [0.1, 0.15) is 5.76 Å². The monoisotopic (exact) mass is 329 g/mol. The summed E-state index contributed by atoms with van der Waals surface area (Å²) in [7, 11) is 0. The molecule has 1 N–H and O–H groups in total. The fourth-order valence-corrected chi connectivity index (χ4v) is 2.25. The van der Waals surface area contributed by atoms with Crippen LogP contribution in [-0.4, -0.2) is 6.54 Å². The molecular weight excluding hydrogens is 316 g/mol. The van der Waals surface area contributed by atoms with Gasteiger partial charge in [0.15, 0.2) is 16.3 Å². The molecule has 0 saturated carbocycles. The van der Waals surface area contributed by atoms with Crippen LogP contribution < -0.4 is 5.32 Å². The molecule has 0 aliphatic rings. The van der Waals surface area contributed by atoms with Gasteiger partial charge in [0.05, 0.1) is 6.04 Å². The minimum absolute atomic E-state index is 0.242. The van der Waals surface area contributed by atoms with E-state index in [9.17, 15) is 8.78 Å². The van der Waals surface area contributed by atoms with E-state index < -0.39 is 17.7 Å². The van der Waals surface area contributed by atoms with Gasteiger partial charge in [-0.25, -0.2) is 8.78 Å². The number of nitrogens with one attached hydrogen (secondary N) is 1. The van der Waals surface area contributed by atoms with Gasteiger partial charge in [-0.05, 0) is 47.1 Å². The first-order valence-corrected chi connectivity index (χ1v) is 6.77. The fourth-order valence-electron chi connectivity index (χ4n) is 1.94. The Balaban J connectivity index is 2.48. The van der Waals surface area contributed by atoms with E-state index >= 15 is 0 Å². The number of furan rings is 1. The summed E-state index contributed by atoms with van der Waals surface area (Å²) in [5, 5.41) is 3.09. The zero-order chi connectivity index (χ0) is 14.0. The minimum Gasteiger partial charge on any atom is -0.452 e. The average Bonchev–Trinajstić information content (AvgIpc) is 2.81. The molecule has 2 nitrogen and oxygen atoms in total. The first-order chi connectivity index (χ1) is 9.04. The van der Waals surface area contributed by atoms with Crippen molar-refractivity contribution in [2.75, 3.05) is 6.54 Å². The Labute approximate surface area is 118 Å². The van der Waals surface area contributed by atoms with Crippen molar-refractivity contribution in [1.82, 2.24) is 5.32 Å². The lowest BCUT2D eigenvalue weighted by atomic mass is 10.0. The van der Waals surface area contributed by atoms with Crippen molar-refractivity contribution < 1.29 is 13.2 Å². The summed E-state index contributed by atoms with van der Waals surface area (Å²) in [5.74, 6) is -1.11. The van der Waals surface area contributed by atoms with E-state index in [4.69, 9.17) is 4.42 Å². The molecule has 2 aromatic rings. The Morgan fingerprint density at radius 3 is 2.53 bits per heavy atom. The van der Waals surface area contributed by atoms with Gasteiger partial charge in [-0.2, -0.15) is 0 Å². The fraction of sp³-hybridized carbons (Fsp3) is 0.286. The Bertz CT molecular complexity index is 583. The first-order valence-electron chi connectivity index (χ1n) is 5.97. The maximum absolute atomic E-state index is 14.1. The number of hydrogen-bond acceptors (Lipinski definition) is 2. The van der Waals surface area contributed by atoms with Crippen molar-refractivity contribution >= 4 is 15.9 Å². The highest BCUT2D eigenvalue weighted by Crippen LogP contribution is 2.29. The maximum Gasteiger partial charge on any atom is 0.169 e. The van der Waals surface area contributed by atoms with Gasteiger partial charge in [-0.1, -0.05) is 19.1 Å². The second-order valence-electron chi connectivity index (χ2n) is 4.23. The molecule has 1 aromatic heterocycles. The van der Waals surface area contributed by atoms with Gasteiger partial charge < -0.3 is 9.73 Å². The van der Waals surface area contributed by atoms with E-state index in [2.05, 4.69) is 21.2 Å². The van der Waals surface area contributed by atoms with Crippen LogP contribution in [0.25, 0.3) is 0 Å². The van der Waals surface area contributed by atoms with E-state index in [0.717, 1.165) is 0 Å². The maximum atomic E-state index is 14.1. The third-order valence-corrected chi connectivity index (χ3v) is 3.33. The normalized spacial score (nSPS) is 12.7. The van der Waals surface area contributed by atoms with Crippen LogP contribution in [0.1, 0.15) is 29.9 Å². The van der Waals surface area contributed by atoms with Crippen molar-refractivity contribution in [2.45, 2.75) is 19.9 Å². The van der Waals surface area contributed by atoms with Crippen molar-refractivity contribution in [1.29, 1.82) is 0 Å². The molecule has 1 heterocycles. The van der Waals surface area contributed by atoms with Crippen LogP contribution >= 0.6 is 15.9 Å². The van der Waals surface area contributed by atoms with Crippen LogP contribution in [0.3, 0.4) is 0 Å². The van der Waals surface area contributed by atoms with Crippen LogP contribution in [0.4, 0.5) is 8.78 Å². The van der Waals surface area contributed by atoms with Gasteiger partial charge >= 0.3 is 0 Å². The number of hydrogen-bond donors (Lipinski definition) is 1. The van der Waals surface area contributed by atoms with Crippen molar-refractivity contribution in [3.05, 3.63) is 57.5 Å². The molecule has 0 spiro atoms. The SMILES string of the molecule is CCNC(c1ccc(Br)o1)c1ccc(C)c(F)c1F. The Kier molecular flexibility index (Phi) is 4.37. The summed E-state index contributed by atoms with van der Waals surface area (Å²) < 4.78 is 33.7. The highest BCUT2D eigenvalue weighted by Gasteiger charge is 2.23. The van der Waals surface area contributed by atoms with Gasteiger partial charge in [0, 0.05) is 5.56 Å². The van der Waals surface area contributed by atoms with Crippen LogP contribution in [0.2, 0.25) is 0 Å². The molecular formula is C14H14BrF2NO. The highest BCUT2D eigenvalue weighted by molar-refractivity contribution is 9.10. The molecule has 0 amide bonds. The van der Waals surface area contributed by atoms with Crippen LogP contribution in [0, 0.1) is 18.6 Å². The number of rotatable bonds is 4. The Morgan fingerprint density at radius 1 is 1.21 bits per heavy atom. The van der Waals surface area contributed by atoms with Gasteiger partial charge in [-0.3, -0.25) is 0 Å². The smallest absolute Gasteiger partial charge is 0.169 e. The predicted octanol–water partition coefficient (Wildman–Crippen LogP) is 4.33. The molecule has 1 unspecified atom stereocenters. The topological polar surface area (TPSA) is 25.2 Å². The molecule has 0 bridgehead atoms. The van der Waals surface area contributed by atoms with Crippen LogP contribution in [0.15, 0.2) is 33.4 Å². The zero-order valence-corrected chi connectivity index (χ0v) is 12.2. The van der Waals surface area contributed by atoms with Crippen molar-refractivity contribution in [3.8, 4) is 0 Å². The minimum atomic E-state index is -0.835. The molecule has 0 aliphatic heterocycles. The second-order valence-corrected chi connectivity index (χ2v) is 5.01. The van der Waals surface area contributed by atoms with Gasteiger partial charge in [-0.15, -0.1) is 0 Å². The number of benzene rings is 1. The molecule has 0 saturated heterocycles. The average molecular weight is 330 g/mol. The molecule has 0 radical (unpaired) electrons. The summed E-state index contributed by atoms with van der Waals surface area (Å²) in [6.07, 6.45) is 0. The molecule has 102 valence electrons. The Morgan fingerprint density at radius 2 is 1.95 bits per heavy atom. The first kappa shape index (κ1) is 14.2. The zero-order valence-electron chi connectivity index (χ0n) is 10.6. The number of aryl methyl sites for hydroxylation is 1. The summed E-state index contributed by atoms with van der Waals surface area (Å²) in [6, 6.07) is 6.09. The molecule has 2 rings (SSSR count). The lowest BCUT2D eigenvalue weighted by Gasteiger charge is -2.17. The molecule has 19 heavy (non-hydrogen) atoms. The predicted molar refractivity (Wildman–Crippen MR) is 73.0 cm³/mol. The largest absolute Gasteiger partial charge is 0.452 e. The van der Waals surface area contributed by atoms with Gasteiger partial charge in [0.25, 0.3) is 0 Å². The van der Waals surface area contributed by atoms with E-state index in [0.29, 0.717) is 17.0 Å². The third-order valence-electron chi connectivity index (χ3n) is 2.90. The molecule has 1 aromatic carbocycles. The standard InChI is InChI=1S/C14H14BrF2NO/c1-3-18-14(10-6-7-11(15)19-10)9-5-4-8(2)12(16)13(9)17/h4-7,14,18H,3H2,1-2H3. The summed E-state index contributed by atoms with van der Waals surface area (Å²) in [5.41, 5.74) is 0.531. The quantitative estimate of drug-likeness (QED) is 0.903. The van der Waals surface area contributed by atoms with Gasteiger partial charge in [0.2, 0.25) is 0 Å². The Hall–Kier alpha value is -1.20. The van der Waals surface area contributed by atoms with E-state index in [1.807, 2.05) is 6.92 Å². The van der Waals surface area contributed by atoms with Crippen LogP contribution in [0.5, 0.6) is 0 Å². The summed E-state index contributed by atoms with van der Waals surface area (Å²) in [4.78, 5) is 0. The van der Waals surface area contributed by atoms with Crippen LogP contribution in [-0.2, 0) is 0 Å². The van der Waals surface area contributed by atoms with Crippen molar-refractivity contribution in [3.63, 3.8) is 0 Å². The highest BCUT2D eigenvalue weighted by atomic mass is 79.9. The summed E-state index contributed by atoms with van der Waals surface area (Å²) in [6.45, 7) is 4.04. The third kappa shape index (κ3) is 2.87. The number of halogens is 3. The van der Waals surface area contributed by atoms with E-state index in [1.54, 1.807) is 24.3 Å². The lowest BCUT2D eigenvalue weighted by molar-refractivity contribution is 0.419. The molecule has 0 fully saturated rings. The second kappa shape index (κ2) is 5.84. The van der Waals surface area contributed by atoms with E-state index in [-0.39, 0.29) is 11.1 Å². The summed E-state index contributed by atoms with van der Waals surface area (Å²) >= 11 is 3.21. The molecule has 1 atom stereocenters. The van der Waals surface area contributed by atoms with Crippen molar-refractivity contribution in [2.24, 2.45) is 0 Å². The molecule has 5 heteroatoms. The lowest BCUT2D eigenvalue weighted by Crippen LogP contribution is -2.23. The molecule has 0 aliphatic carbocycles. The van der Waals surface area contributed by atoms with E-state index in [1.165, 1.54) is 6.92 Å².